The van der Waals surface area contributed by atoms with Crippen molar-refractivity contribution in [2.24, 2.45) is 0 Å². The molecule has 0 saturated heterocycles. The molecule has 1 aromatic rings. The van der Waals surface area contributed by atoms with Gasteiger partial charge in [0.05, 0.1) is 9.82 Å². The minimum Gasteiger partial charge on any atom is -0.393 e. The zero-order valence-corrected chi connectivity index (χ0v) is 12.1. The number of methoxy groups -OCH3 is 1. The minimum absolute atomic E-state index is 0.0640. The molecule has 0 aromatic heterocycles. The molecule has 3 N–H and O–H groups in total. The molecule has 20 heavy (non-hydrogen) atoms. The number of hydrogen-bond acceptors (Lipinski definition) is 6. The molecule has 0 aliphatic rings. The summed E-state index contributed by atoms with van der Waals surface area (Å²) >= 11 is 0. The smallest absolute Gasteiger partial charge is 0.293 e. The number of nitrogen functional groups attached to an aromatic ring is 1. The Morgan fingerprint density at radius 2 is 2.10 bits per heavy atom. The van der Waals surface area contributed by atoms with Crippen molar-refractivity contribution in [2.45, 2.75) is 18.2 Å². The molecule has 0 unspecified atom stereocenters. The number of anilines is 1. The number of nitro groups is 1. The molecule has 9 heteroatoms. The van der Waals surface area contributed by atoms with Gasteiger partial charge < -0.3 is 10.5 Å². The first-order valence-corrected chi connectivity index (χ1v) is 7.31. The molecular formula is C11H17N3O5S. The van der Waals surface area contributed by atoms with E-state index in [9.17, 15) is 18.5 Å². The third-order valence-electron chi connectivity index (χ3n) is 2.63. The molecular weight excluding hydrogens is 286 g/mol. The first kappa shape index (κ1) is 16.3. The highest BCUT2D eigenvalue weighted by molar-refractivity contribution is 7.89. The van der Waals surface area contributed by atoms with Gasteiger partial charge >= 0.3 is 0 Å². The average molecular weight is 303 g/mol. The number of aryl methyl sites for hydroxylation is 1. The lowest BCUT2D eigenvalue weighted by Crippen LogP contribution is -2.26. The van der Waals surface area contributed by atoms with Crippen LogP contribution in [0.3, 0.4) is 0 Å². The Morgan fingerprint density at radius 1 is 1.45 bits per heavy atom. The van der Waals surface area contributed by atoms with E-state index in [1.807, 2.05) is 0 Å². The maximum absolute atomic E-state index is 12.1. The molecule has 0 aliphatic carbocycles. The third kappa shape index (κ3) is 3.89. The van der Waals surface area contributed by atoms with E-state index in [1.165, 1.54) is 20.1 Å². The highest BCUT2D eigenvalue weighted by atomic mass is 32.2. The fourth-order valence-corrected chi connectivity index (χ4v) is 2.97. The van der Waals surface area contributed by atoms with Crippen molar-refractivity contribution in [3.8, 4) is 0 Å². The predicted molar refractivity (Wildman–Crippen MR) is 73.9 cm³/mol. The molecule has 0 heterocycles. The van der Waals surface area contributed by atoms with E-state index >= 15 is 0 Å². The highest BCUT2D eigenvalue weighted by Gasteiger charge is 2.22. The van der Waals surface area contributed by atoms with Crippen LogP contribution in [0.5, 0.6) is 0 Å². The van der Waals surface area contributed by atoms with Gasteiger partial charge in [0.1, 0.15) is 5.69 Å². The molecule has 0 amide bonds. The molecule has 0 aliphatic heterocycles. The average Bonchev–Trinajstić information content (AvgIpc) is 2.33. The zero-order chi connectivity index (χ0) is 15.3. The topological polar surface area (TPSA) is 125 Å². The fourth-order valence-electron chi connectivity index (χ4n) is 1.65. The van der Waals surface area contributed by atoms with Crippen molar-refractivity contribution in [3.63, 3.8) is 0 Å². The van der Waals surface area contributed by atoms with Crippen LogP contribution >= 0.6 is 0 Å². The SMILES string of the molecule is COCCCNS(=O)(=O)c1cc([N+](=O)[O-])c(N)cc1C. The lowest BCUT2D eigenvalue weighted by Gasteiger charge is -2.10. The van der Waals surface area contributed by atoms with Crippen molar-refractivity contribution in [1.29, 1.82) is 0 Å². The number of rotatable bonds is 7. The Bertz CT molecular complexity index is 600. The van der Waals surface area contributed by atoms with Crippen molar-refractivity contribution < 1.29 is 18.1 Å². The largest absolute Gasteiger partial charge is 0.393 e. The Kier molecular flexibility index (Phi) is 5.43. The maximum Gasteiger partial charge on any atom is 0.293 e. The number of nitrogens with one attached hydrogen (secondary N) is 1. The summed E-state index contributed by atoms with van der Waals surface area (Å²) in [6, 6.07) is 2.26. The molecule has 8 nitrogen and oxygen atoms in total. The van der Waals surface area contributed by atoms with E-state index in [1.54, 1.807) is 0 Å². The predicted octanol–water partition coefficient (Wildman–Crippen LogP) is 0.800. The van der Waals surface area contributed by atoms with Crippen molar-refractivity contribution in [3.05, 3.63) is 27.8 Å². The van der Waals surface area contributed by atoms with E-state index in [2.05, 4.69) is 4.72 Å². The summed E-state index contributed by atoms with van der Waals surface area (Å²) < 4.78 is 31.4. The first-order chi connectivity index (χ1) is 9.29. The maximum atomic E-state index is 12.1. The van der Waals surface area contributed by atoms with Gasteiger partial charge in [-0.2, -0.15) is 0 Å². The second-order valence-electron chi connectivity index (χ2n) is 4.18. The van der Waals surface area contributed by atoms with Gasteiger partial charge in [0.25, 0.3) is 5.69 Å². The molecule has 1 aromatic carbocycles. The Hall–Kier alpha value is -1.71. The highest BCUT2D eigenvalue weighted by Crippen LogP contribution is 2.28. The lowest BCUT2D eigenvalue weighted by atomic mass is 10.2. The number of nitro benzene ring substituents is 1. The second kappa shape index (κ2) is 6.64. The van der Waals surface area contributed by atoms with Crippen molar-refractivity contribution >= 4 is 21.4 Å². The fraction of sp³-hybridized carbons (Fsp3) is 0.455. The summed E-state index contributed by atoms with van der Waals surface area (Å²) in [6.45, 7) is 2.14. The summed E-state index contributed by atoms with van der Waals surface area (Å²) in [5, 5.41) is 10.8. The minimum atomic E-state index is -3.81. The zero-order valence-electron chi connectivity index (χ0n) is 11.3. The van der Waals surface area contributed by atoms with Crippen molar-refractivity contribution in [1.82, 2.24) is 4.72 Å². The van der Waals surface area contributed by atoms with Gasteiger partial charge in [-0.3, -0.25) is 10.1 Å². The van der Waals surface area contributed by atoms with Gasteiger partial charge in [0.2, 0.25) is 10.0 Å². The van der Waals surface area contributed by atoms with Crippen LogP contribution in [0, 0.1) is 17.0 Å². The van der Waals surface area contributed by atoms with Gasteiger partial charge in [-0.05, 0) is 25.0 Å². The Labute approximate surface area is 117 Å². The molecule has 112 valence electrons. The normalized spacial score (nSPS) is 11.5. The van der Waals surface area contributed by atoms with Crippen LogP contribution < -0.4 is 10.5 Å². The third-order valence-corrected chi connectivity index (χ3v) is 4.23. The number of ether oxygens (including phenoxy) is 1. The van der Waals surface area contributed by atoms with Crippen LogP contribution in [-0.4, -0.2) is 33.6 Å². The van der Waals surface area contributed by atoms with E-state index in [0.29, 0.717) is 18.6 Å². The number of hydrogen-bond donors (Lipinski definition) is 2. The van der Waals surface area contributed by atoms with Crippen LogP contribution in [0.25, 0.3) is 0 Å². The number of nitrogens with zero attached hydrogens (tertiary/aromatic N) is 1. The molecule has 0 saturated carbocycles. The van der Waals surface area contributed by atoms with E-state index < -0.39 is 20.6 Å². The lowest BCUT2D eigenvalue weighted by molar-refractivity contribution is -0.384. The van der Waals surface area contributed by atoms with Gasteiger partial charge in [0, 0.05) is 26.3 Å². The molecule has 0 atom stereocenters. The quantitative estimate of drug-likeness (QED) is 0.332. The van der Waals surface area contributed by atoms with Crippen LogP contribution in [0.2, 0.25) is 0 Å². The summed E-state index contributed by atoms with van der Waals surface area (Å²) in [5.41, 5.74) is 5.37. The van der Waals surface area contributed by atoms with Gasteiger partial charge in [0.15, 0.2) is 0 Å². The molecule has 0 fully saturated rings. The van der Waals surface area contributed by atoms with E-state index in [-0.39, 0.29) is 17.1 Å². The summed E-state index contributed by atoms with van der Waals surface area (Å²) in [4.78, 5) is 9.95. The van der Waals surface area contributed by atoms with Crippen LogP contribution in [0.1, 0.15) is 12.0 Å². The number of nitrogens with two attached hydrogens (primary N) is 1. The second-order valence-corrected chi connectivity index (χ2v) is 5.91. The monoisotopic (exact) mass is 303 g/mol. The van der Waals surface area contributed by atoms with Gasteiger partial charge in [-0.15, -0.1) is 0 Å². The van der Waals surface area contributed by atoms with E-state index in [4.69, 9.17) is 10.5 Å². The summed E-state index contributed by atoms with van der Waals surface area (Å²) in [7, 11) is -2.29. The van der Waals surface area contributed by atoms with Gasteiger partial charge in [-0.1, -0.05) is 0 Å². The molecule has 0 bridgehead atoms. The van der Waals surface area contributed by atoms with Crippen LogP contribution in [0.15, 0.2) is 17.0 Å². The molecule has 0 radical (unpaired) electrons. The Balaban J connectivity index is 3.05. The van der Waals surface area contributed by atoms with Crippen LogP contribution in [0.4, 0.5) is 11.4 Å². The standard InChI is InChI=1S/C11H17N3O5S/c1-8-6-9(12)10(14(15)16)7-11(8)20(17,18)13-4-3-5-19-2/h6-7,13H,3-5,12H2,1-2H3. The number of sulfonamides is 1. The molecule has 1 rings (SSSR count). The summed E-state index contributed by atoms with van der Waals surface area (Å²) in [6.07, 6.45) is 0.506. The van der Waals surface area contributed by atoms with Gasteiger partial charge in [-0.25, -0.2) is 13.1 Å². The number of benzene rings is 1. The van der Waals surface area contributed by atoms with Crippen LogP contribution in [-0.2, 0) is 14.8 Å². The first-order valence-electron chi connectivity index (χ1n) is 5.82. The van der Waals surface area contributed by atoms with Crippen molar-refractivity contribution in [2.75, 3.05) is 26.0 Å². The molecule has 0 spiro atoms. The summed E-state index contributed by atoms with van der Waals surface area (Å²) in [5.74, 6) is 0. The Morgan fingerprint density at radius 3 is 2.65 bits per heavy atom. The van der Waals surface area contributed by atoms with E-state index in [0.717, 1.165) is 6.07 Å².